The summed E-state index contributed by atoms with van der Waals surface area (Å²) in [6.07, 6.45) is 0. The molecule has 0 bridgehead atoms. The Kier molecular flexibility index (Phi) is 3.91. The lowest BCUT2D eigenvalue weighted by Crippen LogP contribution is -2.23. The standard InChI is InChI=1S/C12H14N4OS/c1-8-4-10(5-11(15-8)16-13)12(17)14-6-9-2-3-18-7-9/h2-5,7H,6,13H2,1H3,(H,14,17)(H,15,16). The molecule has 1 amide bonds. The summed E-state index contributed by atoms with van der Waals surface area (Å²) >= 11 is 1.61. The minimum atomic E-state index is -0.136. The van der Waals surface area contributed by atoms with Crippen molar-refractivity contribution in [3.8, 4) is 0 Å². The Morgan fingerprint density at radius 1 is 1.50 bits per heavy atom. The zero-order valence-corrected chi connectivity index (χ0v) is 10.8. The van der Waals surface area contributed by atoms with Gasteiger partial charge in [-0.3, -0.25) is 4.79 Å². The van der Waals surface area contributed by atoms with Crippen LogP contribution >= 0.6 is 11.3 Å². The third-order valence-electron chi connectivity index (χ3n) is 2.40. The van der Waals surface area contributed by atoms with Crippen molar-refractivity contribution >= 4 is 23.1 Å². The normalized spacial score (nSPS) is 10.1. The average molecular weight is 262 g/mol. The summed E-state index contributed by atoms with van der Waals surface area (Å²) in [6.45, 7) is 2.34. The topological polar surface area (TPSA) is 80.0 Å². The van der Waals surface area contributed by atoms with Crippen LogP contribution in [0.5, 0.6) is 0 Å². The highest BCUT2D eigenvalue weighted by Gasteiger charge is 2.08. The number of aromatic nitrogens is 1. The van der Waals surface area contributed by atoms with E-state index < -0.39 is 0 Å². The number of carbonyl (C=O) groups excluding carboxylic acids is 1. The van der Waals surface area contributed by atoms with Crippen LogP contribution in [0.1, 0.15) is 21.6 Å². The third kappa shape index (κ3) is 3.06. The minimum absolute atomic E-state index is 0.136. The molecule has 0 fully saturated rings. The first kappa shape index (κ1) is 12.5. The van der Waals surface area contributed by atoms with Gasteiger partial charge in [0.25, 0.3) is 5.91 Å². The molecular formula is C12H14N4OS. The van der Waals surface area contributed by atoms with Crippen LogP contribution in [0.25, 0.3) is 0 Å². The fourth-order valence-electron chi connectivity index (χ4n) is 1.55. The first-order valence-electron chi connectivity index (χ1n) is 5.43. The Bertz CT molecular complexity index is 539. The molecular weight excluding hydrogens is 248 g/mol. The van der Waals surface area contributed by atoms with Gasteiger partial charge in [-0.15, -0.1) is 0 Å². The van der Waals surface area contributed by atoms with Gasteiger partial charge in [0.05, 0.1) is 0 Å². The van der Waals surface area contributed by atoms with Crippen molar-refractivity contribution in [3.05, 3.63) is 45.8 Å². The lowest BCUT2D eigenvalue weighted by atomic mass is 10.2. The lowest BCUT2D eigenvalue weighted by Gasteiger charge is -2.07. The maximum Gasteiger partial charge on any atom is 0.251 e. The molecule has 0 aliphatic heterocycles. The number of aryl methyl sites for hydroxylation is 1. The Morgan fingerprint density at radius 3 is 3.00 bits per heavy atom. The molecule has 2 heterocycles. The quantitative estimate of drug-likeness (QED) is 0.578. The summed E-state index contributed by atoms with van der Waals surface area (Å²) in [5.74, 6) is 5.64. The van der Waals surface area contributed by atoms with Gasteiger partial charge in [0.2, 0.25) is 0 Å². The number of hydrogen-bond acceptors (Lipinski definition) is 5. The molecule has 0 spiro atoms. The highest BCUT2D eigenvalue weighted by molar-refractivity contribution is 7.07. The molecule has 94 valence electrons. The number of nitrogens with two attached hydrogens (primary N) is 1. The van der Waals surface area contributed by atoms with Gasteiger partial charge >= 0.3 is 0 Å². The van der Waals surface area contributed by atoms with E-state index in [2.05, 4.69) is 15.7 Å². The molecule has 0 saturated carbocycles. The molecule has 0 radical (unpaired) electrons. The van der Waals surface area contributed by atoms with Gasteiger partial charge in [0.1, 0.15) is 5.82 Å². The number of amides is 1. The number of carbonyl (C=O) groups is 1. The predicted octanol–water partition coefficient (Wildman–Crippen LogP) is 1.67. The highest BCUT2D eigenvalue weighted by atomic mass is 32.1. The van der Waals surface area contributed by atoms with Crippen molar-refractivity contribution in [1.29, 1.82) is 0 Å². The summed E-state index contributed by atoms with van der Waals surface area (Å²) in [7, 11) is 0. The van der Waals surface area contributed by atoms with Crippen molar-refractivity contribution in [2.45, 2.75) is 13.5 Å². The van der Waals surface area contributed by atoms with E-state index in [1.807, 2.05) is 23.8 Å². The van der Waals surface area contributed by atoms with Gasteiger partial charge in [-0.05, 0) is 41.4 Å². The number of pyridine rings is 1. The second-order valence-electron chi connectivity index (χ2n) is 3.84. The summed E-state index contributed by atoms with van der Waals surface area (Å²) < 4.78 is 0. The van der Waals surface area contributed by atoms with Crippen molar-refractivity contribution in [3.63, 3.8) is 0 Å². The summed E-state index contributed by atoms with van der Waals surface area (Å²) in [5.41, 5.74) is 4.83. The van der Waals surface area contributed by atoms with Gasteiger partial charge < -0.3 is 10.7 Å². The van der Waals surface area contributed by atoms with E-state index in [1.54, 1.807) is 23.5 Å². The number of nitrogens with zero attached hydrogens (tertiary/aromatic N) is 1. The van der Waals surface area contributed by atoms with E-state index >= 15 is 0 Å². The van der Waals surface area contributed by atoms with E-state index in [0.717, 1.165) is 11.3 Å². The monoisotopic (exact) mass is 262 g/mol. The molecule has 2 rings (SSSR count). The van der Waals surface area contributed by atoms with Gasteiger partial charge in [0, 0.05) is 17.8 Å². The lowest BCUT2D eigenvalue weighted by molar-refractivity contribution is 0.0951. The molecule has 2 aromatic heterocycles. The van der Waals surface area contributed by atoms with Gasteiger partial charge in [0.15, 0.2) is 0 Å². The summed E-state index contributed by atoms with van der Waals surface area (Å²) in [6, 6.07) is 5.33. The van der Waals surface area contributed by atoms with Crippen molar-refractivity contribution in [2.75, 3.05) is 5.43 Å². The Balaban J connectivity index is 2.06. The highest BCUT2D eigenvalue weighted by Crippen LogP contribution is 2.10. The van der Waals surface area contributed by atoms with Crippen LogP contribution in [0, 0.1) is 6.92 Å². The smallest absolute Gasteiger partial charge is 0.251 e. The second-order valence-corrected chi connectivity index (χ2v) is 4.62. The van der Waals surface area contributed by atoms with Gasteiger partial charge in [-0.25, -0.2) is 10.8 Å². The number of anilines is 1. The Morgan fingerprint density at radius 2 is 2.33 bits per heavy atom. The molecule has 18 heavy (non-hydrogen) atoms. The van der Waals surface area contributed by atoms with E-state index in [0.29, 0.717) is 17.9 Å². The van der Waals surface area contributed by atoms with Crippen LogP contribution < -0.4 is 16.6 Å². The Labute approximate surface area is 109 Å². The average Bonchev–Trinajstić information content (AvgIpc) is 2.88. The van der Waals surface area contributed by atoms with E-state index in [-0.39, 0.29) is 5.91 Å². The molecule has 0 aliphatic rings. The fraction of sp³-hybridized carbons (Fsp3) is 0.167. The van der Waals surface area contributed by atoms with E-state index in [4.69, 9.17) is 5.84 Å². The number of rotatable bonds is 4. The zero-order valence-electron chi connectivity index (χ0n) is 9.93. The first-order chi connectivity index (χ1) is 8.69. The number of nitrogens with one attached hydrogen (secondary N) is 2. The number of thiophene rings is 1. The summed E-state index contributed by atoms with van der Waals surface area (Å²) in [5, 5.41) is 6.84. The minimum Gasteiger partial charge on any atom is -0.348 e. The third-order valence-corrected chi connectivity index (χ3v) is 3.13. The van der Waals surface area contributed by atoms with Crippen LogP contribution in [-0.2, 0) is 6.54 Å². The van der Waals surface area contributed by atoms with Gasteiger partial charge in [-0.2, -0.15) is 11.3 Å². The molecule has 0 atom stereocenters. The zero-order chi connectivity index (χ0) is 13.0. The molecule has 5 nitrogen and oxygen atoms in total. The maximum absolute atomic E-state index is 12.0. The van der Waals surface area contributed by atoms with Crippen LogP contribution in [0.2, 0.25) is 0 Å². The molecule has 4 N–H and O–H groups in total. The maximum atomic E-state index is 12.0. The predicted molar refractivity (Wildman–Crippen MR) is 72.3 cm³/mol. The molecule has 0 aromatic carbocycles. The van der Waals surface area contributed by atoms with Crippen LogP contribution in [-0.4, -0.2) is 10.9 Å². The van der Waals surface area contributed by atoms with E-state index in [9.17, 15) is 4.79 Å². The van der Waals surface area contributed by atoms with Crippen LogP contribution in [0.15, 0.2) is 29.0 Å². The van der Waals surface area contributed by atoms with Crippen molar-refractivity contribution in [1.82, 2.24) is 10.3 Å². The molecule has 0 unspecified atom stereocenters. The molecule has 6 heteroatoms. The first-order valence-corrected chi connectivity index (χ1v) is 6.38. The molecule has 2 aromatic rings. The second kappa shape index (κ2) is 5.61. The number of hydrazine groups is 1. The number of hydrogen-bond donors (Lipinski definition) is 3. The van der Waals surface area contributed by atoms with Crippen LogP contribution in [0.4, 0.5) is 5.82 Å². The largest absolute Gasteiger partial charge is 0.348 e. The molecule has 0 saturated heterocycles. The summed E-state index contributed by atoms with van der Waals surface area (Å²) in [4.78, 5) is 16.1. The molecule has 0 aliphatic carbocycles. The number of nitrogen functional groups attached to an aromatic ring is 1. The fourth-order valence-corrected chi connectivity index (χ4v) is 2.22. The van der Waals surface area contributed by atoms with Crippen LogP contribution in [0.3, 0.4) is 0 Å². The van der Waals surface area contributed by atoms with Gasteiger partial charge in [-0.1, -0.05) is 0 Å². The SMILES string of the molecule is Cc1cc(C(=O)NCc2ccsc2)cc(NN)n1. The van der Waals surface area contributed by atoms with Crippen molar-refractivity contribution in [2.24, 2.45) is 5.84 Å². The van der Waals surface area contributed by atoms with E-state index in [1.165, 1.54) is 0 Å². The Hall–Kier alpha value is -1.92. The van der Waals surface area contributed by atoms with Crippen molar-refractivity contribution < 1.29 is 4.79 Å².